The third kappa shape index (κ3) is 4.66. The number of methoxy groups -OCH3 is 1. The van der Waals surface area contributed by atoms with Crippen molar-refractivity contribution in [3.8, 4) is 11.5 Å². The molecule has 8 nitrogen and oxygen atoms in total. The van der Waals surface area contributed by atoms with Crippen LogP contribution in [-0.4, -0.2) is 40.1 Å². The number of hydrogen-bond acceptors (Lipinski definition) is 7. The highest BCUT2D eigenvalue weighted by Gasteiger charge is 2.09. The Labute approximate surface area is 196 Å². The molecule has 0 aliphatic heterocycles. The van der Waals surface area contributed by atoms with Crippen molar-refractivity contribution in [2.24, 2.45) is 5.10 Å². The van der Waals surface area contributed by atoms with Crippen LogP contribution >= 0.6 is 0 Å². The van der Waals surface area contributed by atoms with Crippen LogP contribution in [0.25, 0.3) is 22.1 Å². The molecule has 5 rings (SSSR count). The lowest BCUT2D eigenvalue weighted by Crippen LogP contribution is -2.03. The summed E-state index contributed by atoms with van der Waals surface area (Å²) < 4.78 is 11.4. The number of hydrazone groups is 1. The molecule has 0 aliphatic rings. The van der Waals surface area contributed by atoms with Crippen molar-refractivity contribution in [2.45, 2.75) is 13.3 Å². The zero-order valence-corrected chi connectivity index (χ0v) is 18.9. The van der Waals surface area contributed by atoms with Gasteiger partial charge >= 0.3 is 0 Å². The van der Waals surface area contributed by atoms with Gasteiger partial charge in [0, 0.05) is 17.3 Å². The van der Waals surface area contributed by atoms with Crippen LogP contribution in [0.2, 0.25) is 0 Å². The van der Waals surface area contributed by atoms with E-state index in [9.17, 15) is 0 Å². The van der Waals surface area contributed by atoms with Gasteiger partial charge in [-0.1, -0.05) is 42.0 Å². The molecule has 0 unspecified atom stereocenters. The molecule has 0 saturated heterocycles. The number of aromatic amines is 1. The van der Waals surface area contributed by atoms with E-state index in [2.05, 4.69) is 48.9 Å². The van der Waals surface area contributed by atoms with E-state index in [1.54, 1.807) is 13.3 Å². The number of benzene rings is 3. The smallest absolute Gasteiger partial charge is 0.265 e. The first-order valence-corrected chi connectivity index (χ1v) is 11.0. The number of nitrogens with one attached hydrogen (secondary N) is 2. The van der Waals surface area contributed by atoms with Gasteiger partial charge in [0.1, 0.15) is 5.52 Å². The highest BCUT2D eigenvalue weighted by atomic mass is 16.5. The molecule has 0 amide bonds. The van der Waals surface area contributed by atoms with E-state index in [4.69, 9.17) is 9.47 Å². The van der Waals surface area contributed by atoms with Crippen molar-refractivity contribution >= 4 is 34.2 Å². The summed E-state index contributed by atoms with van der Waals surface area (Å²) in [5.41, 5.74) is 8.44. The Morgan fingerprint density at radius 2 is 1.88 bits per heavy atom. The Bertz CT molecular complexity index is 1460. The zero-order valence-electron chi connectivity index (χ0n) is 18.9. The van der Waals surface area contributed by atoms with Crippen LogP contribution in [0, 0.1) is 6.92 Å². The molecule has 34 heavy (non-hydrogen) atoms. The topological polar surface area (TPSA) is 97.3 Å². The highest BCUT2D eigenvalue weighted by molar-refractivity contribution is 6.03. The summed E-state index contributed by atoms with van der Waals surface area (Å²) in [6, 6.07) is 22.0. The van der Waals surface area contributed by atoms with Crippen molar-refractivity contribution in [2.75, 3.05) is 19.1 Å². The quantitative estimate of drug-likeness (QED) is 0.257. The number of aryl methyl sites for hydroxylation is 1. The fourth-order valence-corrected chi connectivity index (χ4v) is 3.70. The minimum absolute atomic E-state index is 0.305. The Kier molecular flexibility index (Phi) is 6.03. The summed E-state index contributed by atoms with van der Waals surface area (Å²) in [5, 5.41) is 13.7. The van der Waals surface area contributed by atoms with Crippen LogP contribution in [0.1, 0.15) is 16.7 Å². The van der Waals surface area contributed by atoms with Gasteiger partial charge in [-0.15, -0.1) is 10.2 Å². The molecule has 0 fully saturated rings. The van der Waals surface area contributed by atoms with E-state index in [1.165, 1.54) is 5.56 Å². The van der Waals surface area contributed by atoms with Crippen LogP contribution in [0.4, 0.5) is 5.95 Å². The third-order valence-corrected chi connectivity index (χ3v) is 5.43. The normalized spacial score (nSPS) is 11.4. The van der Waals surface area contributed by atoms with Crippen LogP contribution in [-0.2, 0) is 6.42 Å². The van der Waals surface area contributed by atoms with Crippen molar-refractivity contribution < 1.29 is 9.47 Å². The molecule has 0 aliphatic carbocycles. The lowest BCUT2D eigenvalue weighted by atomic mass is 10.2. The first-order valence-electron chi connectivity index (χ1n) is 11.0. The zero-order chi connectivity index (χ0) is 23.3. The van der Waals surface area contributed by atoms with E-state index in [1.807, 2.05) is 55.5 Å². The first-order chi connectivity index (χ1) is 16.7. The van der Waals surface area contributed by atoms with Crippen LogP contribution < -0.4 is 14.9 Å². The van der Waals surface area contributed by atoms with Gasteiger partial charge in [-0.3, -0.25) is 0 Å². The van der Waals surface area contributed by atoms with Crippen molar-refractivity contribution in [3.63, 3.8) is 0 Å². The molecule has 170 valence electrons. The molecular weight excluding hydrogens is 428 g/mol. The van der Waals surface area contributed by atoms with Gasteiger partial charge < -0.3 is 14.5 Å². The monoisotopic (exact) mass is 452 g/mol. The van der Waals surface area contributed by atoms with Crippen LogP contribution in [0.15, 0.2) is 71.8 Å². The molecule has 0 bridgehead atoms. The fourth-order valence-electron chi connectivity index (χ4n) is 3.70. The van der Waals surface area contributed by atoms with Crippen molar-refractivity contribution in [1.82, 2.24) is 20.2 Å². The summed E-state index contributed by atoms with van der Waals surface area (Å²) in [5.74, 6) is 1.64. The first kappa shape index (κ1) is 21.4. The minimum Gasteiger partial charge on any atom is -0.493 e. The Hall–Kier alpha value is -4.46. The molecule has 0 spiro atoms. The van der Waals surface area contributed by atoms with Crippen LogP contribution in [0.5, 0.6) is 11.5 Å². The Morgan fingerprint density at radius 1 is 1.00 bits per heavy atom. The molecule has 3 aromatic carbocycles. The van der Waals surface area contributed by atoms with Gasteiger partial charge in [-0.2, -0.15) is 10.1 Å². The Morgan fingerprint density at radius 3 is 2.74 bits per heavy atom. The number of fused-ring (bicyclic) bond motifs is 3. The predicted octanol–water partition coefficient (Wildman–Crippen LogP) is 4.89. The molecular formula is C26H24N6O2. The summed E-state index contributed by atoms with van der Waals surface area (Å²) in [6.07, 6.45) is 2.49. The molecule has 2 N–H and O–H groups in total. The predicted molar refractivity (Wildman–Crippen MR) is 134 cm³/mol. The fraction of sp³-hybridized carbons (Fsp3) is 0.154. The second-order valence-electron chi connectivity index (χ2n) is 7.87. The van der Waals surface area contributed by atoms with Gasteiger partial charge in [-0.25, -0.2) is 5.43 Å². The minimum atomic E-state index is 0.305. The lowest BCUT2D eigenvalue weighted by Gasteiger charge is -2.11. The van der Waals surface area contributed by atoms with Gasteiger partial charge in [0.15, 0.2) is 17.1 Å². The van der Waals surface area contributed by atoms with E-state index in [0.29, 0.717) is 29.7 Å². The molecule has 8 heteroatoms. The van der Waals surface area contributed by atoms with Crippen molar-refractivity contribution in [1.29, 1.82) is 0 Å². The number of anilines is 1. The SMILES string of the molecule is COc1cc(/C=N/Nc2nnc3c(n2)[nH]c2ccc(C)cc23)ccc1OCCc1ccccc1. The van der Waals surface area contributed by atoms with Gasteiger partial charge in [-0.05, 0) is 48.4 Å². The molecule has 0 atom stereocenters. The average Bonchev–Trinajstić information content (AvgIpc) is 3.22. The van der Waals surface area contributed by atoms with Gasteiger partial charge in [0.2, 0.25) is 0 Å². The standard InChI is InChI=1S/C26H24N6O2/c1-17-8-10-21-20(14-17)24-25(28-21)29-26(32-30-24)31-27-16-19-9-11-22(23(15-19)33-2)34-13-12-18-6-4-3-5-7-18/h3-11,14-16H,12-13H2,1-2H3,(H2,28,29,31,32)/b27-16+. The number of H-pyrrole nitrogens is 1. The second-order valence-corrected chi connectivity index (χ2v) is 7.87. The summed E-state index contributed by atoms with van der Waals surface area (Å²) in [7, 11) is 1.62. The molecule has 0 radical (unpaired) electrons. The van der Waals surface area contributed by atoms with E-state index in [0.717, 1.165) is 34.0 Å². The summed E-state index contributed by atoms with van der Waals surface area (Å²) >= 11 is 0. The lowest BCUT2D eigenvalue weighted by molar-refractivity contribution is 0.297. The Balaban J connectivity index is 1.24. The number of nitrogens with zero attached hydrogens (tertiary/aromatic N) is 4. The maximum Gasteiger partial charge on any atom is 0.265 e. The van der Waals surface area contributed by atoms with E-state index < -0.39 is 0 Å². The maximum atomic E-state index is 5.92. The van der Waals surface area contributed by atoms with Gasteiger partial charge in [0.25, 0.3) is 5.95 Å². The molecule has 2 aromatic heterocycles. The molecule has 0 saturated carbocycles. The second kappa shape index (κ2) is 9.58. The highest BCUT2D eigenvalue weighted by Crippen LogP contribution is 2.28. The largest absolute Gasteiger partial charge is 0.493 e. The molecule has 2 heterocycles. The van der Waals surface area contributed by atoms with Crippen molar-refractivity contribution in [3.05, 3.63) is 83.4 Å². The number of aromatic nitrogens is 4. The number of ether oxygens (including phenoxy) is 2. The summed E-state index contributed by atoms with van der Waals surface area (Å²) in [4.78, 5) is 7.75. The van der Waals surface area contributed by atoms with Gasteiger partial charge in [0.05, 0.1) is 19.9 Å². The van der Waals surface area contributed by atoms with E-state index >= 15 is 0 Å². The average molecular weight is 453 g/mol. The third-order valence-electron chi connectivity index (χ3n) is 5.43. The summed E-state index contributed by atoms with van der Waals surface area (Å²) in [6.45, 7) is 2.61. The number of hydrogen-bond donors (Lipinski definition) is 2. The van der Waals surface area contributed by atoms with E-state index in [-0.39, 0.29) is 0 Å². The van der Waals surface area contributed by atoms with Crippen LogP contribution in [0.3, 0.4) is 0 Å². The number of rotatable bonds is 8. The molecule has 5 aromatic rings. The maximum absolute atomic E-state index is 5.92.